The smallest absolute Gasteiger partial charge is 0.128 e. The van der Waals surface area contributed by atoms with Crippen LogP contribution in [0.5, 0.6) is 0 Å². The summed E-state index contributed by atoms with van der Waals surface area (Å²) in [4.78, 5) is 0. The van der Waals surface area contributed by atoms with Gasteiger partial charge in [0.05, 0.1) is 0 Å². The molecule has 0 amide bonds. The van der Waals surface area contributed by atoms with E-state index in [-0.39, 0.29) is 0 Å². The average molecular weight is 193 g/mol. The van der Waals surface area contributed by atoms with Crippen molar-refractivity contribution in [1.82, 2.24) is 0 Å². The predicted molar refractivity (Wildman–Crippen MR) is 57.5 cm³/mol. The van der Waals surface area contributed by atoms with E-state index in [1.54, 1.807) is 0 Å². The fraction of sp³-hybridized carbons (Fsp3) is 0.500. The van der Waals surface area contributed by atoms with Crippen LogP contribution in [-0.4, -0.2) is 12.2 Å². The Bertz CT molecular complexity index is 342. The largest absolute Gasteiger partial charge is 0.382 e. The first-order valence-electron chi connectivity index (χ1n) is 5.09. The lowest BCUT2D eigenvalue weighted by atomic mass is 10.1. The van der Waals surface area contributed by atoms with Crippen LogP contribution in [0.3, 0.4) is 0 Å². The highest BCUT2D eigenvalue weighted by molar-refractivity contribution is 5.52. The van der Waals surface area contributed by atoms with Crippen LogP contribution in [-0.2, 0) is 0 Å². The number of hydrogen-bond acceptors (Lipinski definition) is 1. The molecule has 1 nitrogen and oxygen atoms in total. The van der Waals surface area contributed by atoms with Crippen molar-refractivity contribution in [3.8, 4) is 0 Å². The summed E-state index contributed by atoms with van der Waals surface area (Å²) in [5.74, 6) is 0. The van der Waals surface area contributed by atoms with Crippen LogP contribution >= 0.6 is 0 Å². The van der Waals surface area contributed by atoms with E-state index in [1.807, 2.05) is 19.1 Å². The zero-order valence-electron chi connectivity index (χ0n) is 8.73. The number of rotatable bonds is 3. The highest BCUT2D eigenvalue weighted by atomic mass is 19.1. The molecule has 1 aromatic rings. The minimum Gasteiger partial charge on any atom is -0.382 e. The SMILES string of the molecule is Cc1ccc(NCC2(F)CC2)c(C)c1. The van der Waals surface area contributed by atoms with Crippen LogP contribution in [0.2, 0.25) is 0 Å². The highest BCUT2D eigenvalue weighted by Crippen LogP contribution is 2.39. The standard InChI is InChI=1S/C12H16FN/c1-9-3-4-11(10(2)7-9)14-8-12(13)5-6-12/h3-4,7,14H,5-6,8H2,1-2H3. The third-order valence-electron chi connectivity index (χ3n) is 2.77. The van der Waals surface area contributed by atoms with E-state index in [0.717, 1.165) is 5.69 Å². The number of benzene rings is 1. The van der Waals surface area contributed by atoms with Crippen LogP contribution in [0.4, 0.5) is 10.1 Å². The average Bonchev–Trinajstić information content (AvgIpc) is 2.83. The van der Waals surface area contributed by atoms with Crippen molar-refractivity contribution in [2.45, 2.75) is 32.4 Å². The molecule has 2 heteroatoms. The second kappa shape index (κ2) is 3.26. The topological polar surface area (TPSA) is 12.0 Å². The van der Waals surface area contributed by atoms with E-state index in [2.05, 4.69) is 18.3 Å². The summed E-state index contributed by atoms with van der Waals surface area (Å²) in [5, 5.41) is 3.17. The Labute approximate surface area is 84.3 Å². The van der Waals surface area contributed by atoms with Crippen molar-refractivity contribution >= 4 is 5.69 Å². The second-order valence-corrected chi connectivity index (χ2v) is 4.32. The zero-order valence-corrected chi connectivity index (χ0v) is 8.73. The van der Waals surface area contributed by atoms with E-state index in [1.165, 1.54) is 11.1 Å². The molecule has 0 aliphatic heterocycles. The molecule has 1 saturated carbocycles. The molecule has 1 aliphatic rings. The van der Waals surface area contributed by atoms with Crippen LogP contribution in [0.25, 0.3) is 0 Å². The van der Waals surface area contributed by atoms with Crippen molar-refractivity contribution in [3.05, 3.63) is 29.3 Å². The van der Waals surface area contributed by atoms with Gasteiger partial charge in [-0.15, -0.1) is 0 Å². The maximum Gasteiger partial charge on any atom is 0.128 e. The third kappa shape index (κ3) is 2.06. The van der Waals surface area contributed by atoms with Crippen LogP contribution in [0.15, 0.2) is 18.2 Å². The Hall–Kier alpha value is -1.05. The number of anilines is 1. The summed E-state index contributed by atoms with van der Waals surface area (Å²) in [6.07, 6.45) is 1.43. The Balaban J connectivity index is 2.02. The fourth-order valence-electron chi connectivity index (χ4n) is 1.58. The van der Waals surface area contributed by atoms with Gasteiger partial charge in [0.2, 0.25) is 0 Å². The van der Waals surface area contributed by atoms with Gasteiger partial charge in [-0.25, -0.2) is 4.39 Å². The van der Waals surface area contributed by atoms with Crippen molar-refractivity contribution in [2.75, 3.05) is 11.9 Å². The van der Waals surface area contributed by atoms with Gasteiger partial charge in [0.25, 0.3) is 0 Å². The number of halogens is 1. The molecule has 0 unspecified atom stereocenters. The Morgan fingerprint density at radius 2 is 2.07 bits per heavy atom. The van der Waals surface area contributed by atoms with Gasteiger partial charge in [0.15, 0.2) is 0 Å². The molecule has 0 heterocycles. The molecule has 1 aromatic carbocycles. The van der Waals surface area contributed by atoms with E-state index in [4.69, 9.17) is 0 Å². The monoisotopic (exact) mass is 193 g/mol. The van der Waals surface area contributed by atoms with Crippen molar-refractivity contribution in [3.63, 3.8) is 0 Å². The quantitative estimate of drug-likeness (QED) is 0.777. The Kier molecular flexibility index (Phi) is 2.22. The van der Waals surface area contributed by atoms with Crippen LogP contribution in [0.1, 0.15) is 24.0 Å². The lowest BCUT2D eigenvalue weighted by Gasteiger charge is -2.11. The van der Waals surface area contributed by atoms with Crippen molar-refractivity contribution < 1.29 is 4.39 Å². The van der Waals surface area contributed by atoms with Gasteiger partial charge >= 0.3 is 0 Å². The molecular weight excluding hydrogens is 177 g/mol. The van der Waals surface area contributed by atoms with E-state index >= 15 is 0 Å². The molecule has 1 fully saturated rings. The van der Waals surface area contributed by atoms with Crippen LogP contribution in [0, 0.1) is 13.8 Å². The first-order chi connectivity index (χ1) is 6.59. The number of aryl methyl sites for hydroxylation is 2. The van der Waals surface area contributed by atoms with Gasteiger partial charge in [-0.1, -0.05) is 17.7 Å². The molecule has 1 aliphatic carbocycles. The summed E-state index contributed by atoms with van der Waals surface area (Å²) in [7, 11) is 0. The maximum atomic E-state index is 13.3. The Morgan fingerprint density at radius 3 is 2.64 bits per heavy atom. The van der Waals surface area contributed by atoms with Crippen molar-refractivity contribution in [2.24, 2.45) is 0 Å². The molecule has 0 radical (unpaired) electrons. The van der Waals surface area contributed by atoms with Gasteiger partial charge in [-0.05, 0) is 38.3 Å². The lowest BCUT2D eigenvalue weighted by Crippen LogP contribution is -2.16. The molecule has 0 bridgehead atoms. The molecule has 1 N–H and O–H groups in total. The summed E-state index contributed by atoms with van der Waals surface area (Å²) >= 11 is 0. The molecule has 2 rings (SSSR count). The molecular formula is C12H16FN. The van der Waals surface area contributed by atoms with Crippen molar-refractivity contribution in [1.29, 1.82) is 0 Å². The number of hydrogen-bond donors (Lipinski definition) is 1. The van der Waals surface area contributed by atoms with Crippen LogP contribution < -0.4 is 5.32 Å². The third-order valence-corrected chi connectivity index (χ3v) is 2.77. The van der Waals surface area contributed by atoms with Gasteiger partial charge in [0, 0.05) is 12.2 Å². The number of alkyl halides is 1. The van der Waals surface area contributed by atoms with Gasteiger partial charge < -0.3 is 5.32 Å². The molecule has 0 saturated heterocycles. The first-order valence-corrected chi connectivity index (χ1v) is 5.09. The number of nitrogens with one attached hydrogen (secondary N) is 1. The summed E-state index contributed by atoms with van der Waals surface area (Å²) in [6.45, 7) is 4.57. The molecule has 14 heavy (non-hydrogen) atoms. The first kappa shape index (κ1) is 9.50. The summed E-state index contributed by atoms with van der Waals surface area (Å²) < 4.78 is 13.3. The van der Waals surface area contributed by atoms with E-state index < -0.39 is 5.67 Å². The molecule has 0 atom stereocenters. The maximum absolute atomic E-state index is 13.3. The lowest BCUT2D eigenvalue weighted by molar-refractivity contribution is 0.326. The zero-order chi connectivity index (χ0) is 10.2. The Morgan fingerprint density at radius 1 is 1.36 bits per heavy atom. The minimum atomic E-state index is -0.919. The van der Waals surface area contributed by atoms with Gasteiger partial charge in [-0.3, -0.25) is 0 Å². The summed E-state index contributed by atoms with van der Waals surface area (Å²) in [5.41, 5.74) is 2.57. The summed E-state index contributed by atoms with van der Waals surface area (Å²) in [6, 6.07) is 6.18. The molecule has 0 spiro atoms. The predicted octanol–water partition coefficient (Wildman–Crippen LogP) is 3.22. The van der Waals surface area contributed by atoms with E-state index in [0.29, 0.717) is 19.4 Å². The van der Waals surface area contributed by atoms with E-state index in [9.17, 15) is 4.39 Å². The minimum absolute atomic E-state index is 0.455. The second-order valence-electron chi connectivity index (χ2n) is 4.32. The normalized spacial score (nSPS) is 17.9. The fourth-order valence-corrected chi connectivity index (χ4v) is 1.58. The highest BCUT2D eigenvalue weighted by Gasteiger charge is 2.42. The molecule has 0 aromatic heterocycles. The molecule has 76 valence electrons. The van der Waals surface area contributed by atoms with Gasteiger partial charge in [0.1, 0.15) is 5.67 Å². The van der Waals surface area contributed by atoms with Gasteiger partial charge in [-0.2, -0.15) is 0 Å².